The van der Waals surface area contributed by atoms with Gasteiger partial charge in [-0.05, 0) is 54.1 Å². The smallest absolute Gasteiger partial charge is 0.406 e. The standard InChI is InChI=1S/C24H14F3N3O3/c25-24(26,27)33-19-12-8-17(9-13-19)29-21-20(16-4-2-1-3-5-16)22(31)30(23(21)32)18-10-6-15(14-28)7-11-18/h1-13,29H. The molecule has 2 amide bonds. The van der Waals surface area contributed by atoms with Crippen molar-refractivity contribution in [3.8, 4) is 11.8 Å². The van der Waals surface area contributed by atoms with E-state index in [1.807, 2.05) is 6.07 Å². The molecule has 3 aromatic rings. The van der Waals surface area contributed by atoms with Gasteiger partial charge in [-0.25, -0.2) is 4.90 Å². The van der Waals surface area contributed by atoms with Gasteiger partial charge in [0.15, 0.2) is 0 Å². The Morgan fingerprint density at radius 1 is 0.848 bits per heavy atom. The van der Waals surface area contributed by atoms with Crippen LogP contribution in [0.1, 0.15) is 11.1 Å². The van der Waals surface area contributed by atoms with E-state index >= 15 is 0 Å². The molecule has 33 heavy (non-hydrogen) atoms. The Kier molecular flexibility index (Phi) is 5.58. The Balaban J connectivity index is 1.70. The molecule has 3 aromatic carbocycles. The highest BCUT2D eigenvalue weighted by Crippen LogP contribution is 2.34. The molecular formula is C24H14F3N3O3. The lowest BCUT2D eigenvalue weighted by atomic mass is 10.0. The molecule has 6 nitrogen and oxygen atoms in total. The summed E-state index contributed by atoms with van der Waals surface area (Å²) in [5.74, 6) is -1.63. The normalized spacial score (nSPS) is 13.8. The van der Waals surface area contributed by atoms with E-state index in [1.54, 1.807) is 30.3 Å². The number of imide groups is 1. The van der Waals surface area contributed by atoms with Crippen molar-refractivity contribution in [3.63, 3.8) is 0 Å². The number of ether oxygens (including phenoxy) is 1. The second-order valence-corrected chi connectivity index (χ2v) is 6.92. The molecule has 1 N–H and O–H groups in total. The molecule has 4 rings (SSSR count). The zero-order valence-corrected chi connectivity index (χ0v) is 16.8. The SMILES string of the molecule is N#Cc1ccc(N2C(=O)C(Nc3ccc(OC(F)(F)F)cc3)=C(c3ccccc3)C2=O)cc1. The topological polar surface area (TPSA) is 82.4 Å². The van der Waals surface area contributed by atoms with Gasteiger partial charge in [0.2, 0.25) is 0 Å². The maximum atomic E-state index is 13.3. The molecule has 0 aliphatic carbocycles. The Morgan fingerprint density at radius 2 is 1.48 bits per heavy atom. The number of anilines is 2. The van der Waals surface area contributed by atoms with E-state index in [0.717, 1.165) is 17.0 Å². The first-order valence-electron chi connectivity index (χ1n) is 9.58. The maximum Gasteiger partial charge on any atom is 0.573 e. The van der Waals surface area contributed by atoms with Crippen LogP contribution >= 0.6 is 0 Å². The van der Waals surface area contributed by atoms with Crippen molar-refractivity contribution >= 4 is 28.8 Å². The summed E-state index contributed by atoms with van der Waals surface area (Å²) in [5, 5.41) is 11.9. The summed E-state index contributed by atoms with van der Waals surface area (Å²) in [5.41, 5.74) is 1.51. The van der Waals surface area contributed by atoms with Gasteiger partial charge in [0.25, 0.3) is 11.8 Å². The predicted octanol–water partition coefficient (Wildman–Crippen LogP) is 4.85. The fourth-order valence-electron chi connectivity index (χ4n) is 3.32. The number of hydrogen-bond donors (Lipinski definition) is 1. The minimum atomic E-state index is -4.83. The van der Waals surface area contributed by atoms with Gasteiger partial charge in [0.05, 0.1) is 22.9 Å². The molecule has 0 unspecified atom stereocenters. The Hall–Kier alpha value is -4.58. The van der Waals surface area contributed by atoms with Gasteiger partial charge in [0, 0.05) is 5.69 Å². The number of nitriles is 1. The summed E-state index contributed by atoms with van der Waals surface area (Å²) in [6.07, 6.45) is -4.83. The molecule has 0 saturated carbocycles. The van der Waals surface area contributed by atoms with Crippen LogP contribution in [0.5, 0.6) is 5.75 Å². The van der Waals surface area contributed by atoms with Crippen LogP contribution < -0.4 is 15.0 Å². The molecule has 9 heteroatoms. The minimum absolute atomic E-state index is 0.0277. The third-order valence-corrected chi connectivity index (χ3v) is 4.76. The Morgan fingerprint density at radius 3 is 2.06 bits per heavy atom. The van der Waals surface area contributed by atoms with Crippen molar-refractivity contribution in [2.75, 3.05) is 10.2 Å². The quantitative estimate of drug-likeness (QED) is 0.563. The third kappa shape index (κ3) is 4.55. The molecule has 1 heterocycles. The summed E-state index contributed by atoms with van der Waals surface area (Å²) in [6.45, 7) is 0. The van der Waals surface area contributed by atoms with E-state index in [2.05, 4.69) is 10.1 Å². The van der Waals surface area contributed by atoms with Crippen LogP contribution in [-0.4, -0.2) is 18.2 Å². The molecule has 0 fully saturated rings. The van der Waals surface area contributed by atoms with Crippen molar-refractivity contribution in [1.29, 1.82) is 5.26 Å². The lowest BCUT2D eigenvalue weighted by molar-refractivity contribution is -0.274. The van der Waals surface area contributed by atoms with Crippen molar-refractivity contribution in [1.82, 2.24) is 0 Å². The lowest BCUT2D eigenvalue weighted by Gasteiger charge is -2.15. The van der Waals surface area contributed by atoms with Crippen molar-refractivity contribution in [2.45, 2.75) is 6.36 Å². The molecule has 164 valence electrons. The van der Waals surface area contributed by atoms with Crippen LogP contribution in [0.2, 0.25) is 0 Å². The fourth-order valence-corrected chi connectivity index (χ4v) is 3.32. The maximum absolute atomic E-state index is 13.3. The summed E-state index contributed by atoms with van der Waals surface area (Å²) >= 11 is 0. The van der Waals surface area contributed by atoms with E-state index in [0.29, 0.717) is 11.1 Å². The molecule has 0 spiro atoms. The molecule has 1 aliphatic heterocycles. The molecule has 0 bridgehead atoms. The molecule has 1 aliphatic rings. The molecule has 0 radical (unpaired) electrons. The van der Waals surface area contributed by atoms with E-state index in [-0.39, 0.29) is 22.6 Å². The summed E-state index contributed by atoms with van der Waals surface area (Å²) in [7, 11) is 0. The molecule has 0 atom stereocenters. The average Bonchev–Trinajstić information content (AvgIpc) is 3.04. The number of benzene rings is 3. The van der Waals surface area contributed by atoms with Gasteiger partial charge in [-0.3, -0.25) is 9.59 Å². The van der Waals surface area contributed by atoms with Crippen LogP contribution in [0.4, 0.5) is 24.5 Å². The zero-order chi connectivity index (χ0) is 23.6. The fraction of sp³-hybridized carbons (Fsp3) is 0.0417. The van der Waals surface area contributed by atoms with Gasteiger partial charge in [-0.1, -0.05) is 30.3 Å². The number of nitrogens with one attached hydrogen (secondary N) is 1. The largest absolute Gasteiger partial charge is 0.573 e. The number of rotatable bonds is 5. The van der Waals surface area contributed by atoms with Gasteiger partial charge in [0.1, 0.15) is 11.4 Å². The van der Waals surface area contributed by atoms with Gasteiger partial charge in [-0.2, -0.15) is 5.26 Å². The molecular weight excluding hydrogens is 435 g/mol. The van der Waals surface area contributed by atoms with Crippen LogP contribution in [0.3, 0.4) is 0 Å². The number of carbonyl (C=O) groups excluding carboxylic acids is 2. The Bertz CT molecular complexity index is 1280. The van der Waals surface area contributed by atoms with Crippen molar-refractivity contribution in [3.05, 3.63) is 95.7 Å². The van der Waals surface area contributed by atoms with Crippen molar-refractivity contribution in [2.24, 2.45) is 0 Å². The van der Waals surface area contributed by atoms with Crippen LogP contribution in [-0.2, 0) is 9.59 Å². The summed E-state index contributed by atoms with van der Waals surface area (Å²) in [4.78, 5) is 27.5. The number of carbonyl (C=O) groups is 2. The predicted molar refractivity (Wildman–Crippen MR) is 114 cm³/mol. The number of alkyl halides is 3. The van der Waals surface area contributed by atoms with Crippen LogP contribution in [0.25, 0.3) is 5.57 Å². The Labute approximate surface area is 186 Å². The highest BCUT2D eigenvalue weighted by Gasteiger charge is 2.40. The van der Waals surface area contributed by atoms with E-state index in [1.165, 1.54) is 36.4 Å². The van der Waals surface area contributed by atoms with Crippen LogP contribution in [0, 0.1) is 11.3 Å². The average molecular weight is 449 g/mol. The van der Waals surface area contributed by atoms with E-state index in [4.69, 9.17) is 5.26 Å². The summed E-state index contributed by atoms with van der Waals surface area (Å²) in [6, 6.07) is 21.3. The highest BCUT2D eigenvalue weighted by molar-refractivity contribution is 6.46. The van der Waals surface area contributed by atoms with E-state index < -0.39 is 23.9 Å². The lowest BCUT2D eigenvalue weighted by Crippen LogP contribution is -2.32. The second-order valence-electron chi connectivity index (χ2n) is 6.92. The highest BCUT2D eigenvalue weighted by atomic mass is 19.4. The second kappa shape index (κ2) is 8.51. The van der Waals surface area contributed by atoms with Gasteiger partial charge in [-0.15, -0.1) is 13.2 Å². The monoisotopic (exact) mass is 449 g/mol. The first-order chi connectivity index (χ1) is 15.8. The third-order valence-electron chi connectivity index (χ3n) is 4.76. The number of amides is 2. The number of halogens is 3. The number of hydrogen-bond acceptors (Lipinski definition) is 5. The van der Waals surface area contributed by atoms with E-state index in [9.17, 15) is 22.8 Å². The molecule has 0 aromatic heterocycles. The van der Waals surface area contributed by atoms with Gasteiger partial charge >= 0.3 is 6.36 Å². The first-order valence-corrected chi connectivity index (χ1v) is 9.58. The number of nitrogens with zero attached hydrogens (tertiary/aromatic N) is 2. The van der Waals surface area contributed by atoms with Crippen LogP contribution in [0.15, 0.2) is 84.6 Å². The van der Waals surface area contributed by atoms with Gasteiger partial charge < -0.3 is 10.1 Å². The zero-order valence-electron chi connectivity index (χ0n) is 16.8. The summed E-state index contributed by atoms with van der Waals surface area (Å²) < 4.78 is 41.1. The minimum Gasteiger partial charge on any atom is -0.406 e. The molecule has 0 saturated heterocycles. The first kappa shape index (κ1) is 21.6. The van der Waals surface area contributed by atoms with Crippen molar-refractivity contribution < 1.29 is 27.5 Å².